The average Bonchev–Trinajstić information content (AvgIpc) is 3.19. The Bertz CT molecular complexity index is 923. The topological polar surface area (TPSA) is 75.7 Å². The third-order valence-electron chi connectivity index (χ3n) is 4.42. The molecule has 1 amide bonds. The molecular weight excluding hydrogens is 388 g/mol. The molecule has 6 nitrogen and oxygen atoms in total. The van der Waals surface area contributed by atoms with Crippen molar-refractivity contribution in [1.82, 2.24) is 4.31 Å². The molecule has 27 heavy (non-hydrogen) atoms. The van der Waals surface area contributed by atoms with E-state index in [0.29, 0.717) is 24.5 Å². The van der Waals surface area contributed by atoms with Gasteiger partial charge in [0.25, 0.3) is 0 Å². The summed E-state index contributed by atoms with van der Waals surface area (Å²) in [6, 6.07) is 11.7. The third-order valence-corrected chi connectivity index (χ3v) is 6.80. The van der Waals surface area contributed by atoms with Crippen LogP contribution in [0.1, 0.15) is 18.4 Å². The second-order valence-corrected chi connectivity index (χ2v) is 8.64. The van der Waals surface area contributed by atoms with Crippen LogP contribution in [0.2, 0.25) is 5.02 Å². The monoisotopic (exact) mass is 408 g/mol. The van der Waals surface area contributed by atoms with Crippen LogP contribution in [-0.4, -0.2) is 38.8 Å². The number of nitrogens with zero attached hydrogens (tertiary/aromatic N) is 1. The van der Waals surface area contributed by atoms with E-state index in [2.05, 4.69) is 5.32 Å². The fraction of sp³-hybridized carbons (Fsp3) is 0.316. The molecule has 3 rings (SSSR count). The van der Waals surface area contributed by atoms with Crippen LogP contribution in [-0.2, 0) is 21.2 Å². The van der Waals surface area contributed by atoms with Crippen LogP contribution in [0.25, 0.3) is 0 Å². The van der Waals surface area contributed by atoms with Gasteiger partial charge in [-0.1, -0.05) is 23.7 Å². The molecule has 0 aliphatic carbocycles. The molecule has 2 aromatic carbocycles. The first-order chi connectivity index (χ1) is 12.9. The molecule has 1 saturated heterocycles. The smallest absolute Gasteiger partial charge is 0.244 e. The maximum absolute atomic E-state index is 12.8. The van der Waals surface area contributed by atoms with Crippen LogP contribution < -0.4 is 10.1 Å². The highest BCUT2D eigenvalue weighted by Gasteiger charge is 2.29. The summed E-state index contributed by atoms with van der Waals surface area (Å²) < 4.78 is 32.0. The van der Waals surface area contributed by atoms with Gasteiger partial charge in [0.15, 0.2) is 0 Å². The van der Waals surface area contributed by atoms with Gasteiger partial charge in [-0.25, -0.2) is 8.42 Å². The Hall–Kier alpha value is -2.09. The predicted octanol–water partition coefficient (Wildman–Crippen LogP) is 3.31. The lowest BCUT2D eigenvalue weighted by molar-refractivity contribution is -0.115. The first-order valence-corrected chi connectivity index (χ1v) is 10.4. The standard InChI is InChI=1S/C19H21ClN2O4S/c1-26-16-7-4-14(5-8-16)12-19(23)21-15-6-9-17(20)18(13-15)27(24,25)22-10-2-3-11-22/h4-9,13H,2-3,10-12H2,1H3,(H,21,23). The van der Waals surface area contributed by atoms with Crippen LogP contribution in [0.15, 0.2) is 47.4 Å². The van der Waals surface area contributed by atoms with Crippen molar-refractivity contribution < 1.29 is 17.9 Å². The highest BCUT2D eigenvalue weighted by atomic mass is 35.5. The van der Waals surface area contributed by atoms with E-state index in [1.54, 1.807) is 25.3 Å². The zero-order valence-corrected chi connectivity index (χ0v) is 16.5. The van der Waals surface area contributed by atoms with Crippen LogP contribution in [0, 0.1) is 0 Å². The van der Waals surface area contributed by atoms with Gasteiger partial charge in [0.1, 0.15) is 10.6 Å². The van der Waals surface area contributed by atoms with Gasteiger partial charge in [-0.05, 0) is 48.7 Å². The Morgan fingerprint density at radius 2 is 1.81 bits per heavy atom. The molecule has 0 spiro atoms. The lowest BCUT2D eigenvalue weighted by Crippen LogP contribution is -2.28. The molecule has 1 fully saturated rings. The Morgan fingerprint density at radius 1 is 1.15 bits per heavy atom. The summed E-state index contributed by atoms with van der Waals surface area (Å²) in [6.07, 6.45) is 1.85. The maximum Gasteiger partial charge on any atom is 0.244 e. The van der Waals surface area contributed by atoms with E-state index >= 15 is 0 Å². The lowest BCUT2D eigenvalue weighted by Gasteiger charge is -2.17. The molecule has 1 aliphatic rings. The zero-order chi connectivity index (χ0) is 19.4. The number of nitrogens with one attached hydrogen (secondary N) is 1. The minimum atomic E-state index is -3.66. The highest BCUT2D eigenvalue weighted by molar-refractivity contribution is 7.89. The van der Waals surface area contributed by atoms with Gasteiger partial charge < -0.3 is 10.1 Å². The third kappa shape index (κ3) is 4.61. The molecule has 1 heterocycles. The Balaban J connectivity index is 1.74. The van der Waals surface area contributed by atoms with Crippen LogP contribution in [0.5, 0.6) is 5.75 Å². The normalized spacial score (nSPS) is 14.9. The average molecular weight is 409 g/mol. The van der Waals surface area contributed by atoms with Gasteiger partial charge in [0.05, 0.1) is 18.6 Å². The number of hydrogen-bond donors (Lipinski definition) is 1. The number of carbonyl (C=O) groups excluding carboxylic acids is 1. The largest absolute Gasteiger partial charge is 0.497 e. The predicted molar refractivity (Wildman–Crippen MR) is 105 cm³/mol. The van der Waals surface area contributed by atoms with Crippen molar-refractivity contribution in [2.45, 2.75) is 24.2 Å². The molecule has 144 valence electrons. The first kappa shape index (κ1) is 19.7. The molecule has 0 radical (unpaired) electrons. The van der Waals surface area contributed by atoms with Crippen LogP contribution in [0.3, 0.4) is 0 Å². The fourth-order valence-electron chi connectivity index (χ4n) is 2.98. The number of sulfonamides is 1. The molecule has 8 heteroatoms. The van der Waals surface area contributed by atoms with E-state index in [9.17, 15) is 13.2 Å². The second-order valence-electron chi connectivity index (χ2n) is 6.33. The number of halogens is 1. The second kappa shape index (κ2) is 8.29. The SMILES string of the molecule is COc1ccc(CC(=O)Nc2ccc(Cl)c(S(=O)(=O)N3CCCC3)c2)cc1. The van der Waals surface area contributed by atoms with Crippen LogP contribution >= 0.6 is 11.6 Å². The fourth-order valence-corrected chi connectivity index (χ4v) is 5.00. The quantitative estimate of drug-likeness (QED) is 0.795. The zero-order valence-electron chi connectivity index (χ0n) is 14.9. The van der Waals surface area contributed by atoms with Crippen molar-refractivity contribution in [2.75, 3.05) is 25.5 Å². The lowest BCUT2D eigenvalue weighted by atomic mass is 10.1. The van der Waals surface area contributed by atoms with Gasteiger partial charge >= 0.3 is 0 Å². The molecule has 0 aromatic heterocycles. The summed E-state index contributed by atoms with van der Waals surface area (Å²) in [7, 11) is -2.08. The number of methoxy groups -OCH3 is 1. The minimum absolute atomic E-state index is 0.0216. The number of benzene rings is 2. The minimum Gasteiger partial charge on any atom is -0.497 e. The van der Waals surface area contributed by atoms with E-state index in [4.69, 9.17) is 16.3 Å². The number of hydrogen-bond acceptors (Lipinski definition) is 4. The number of carbonyl (C=O) groups is 1. The summed E-state index contributed by atoms with van der Waals surface area (Å²) in [5.41, 5.74) is 1.22. The first-order valence-electron chi connectivity index (χ1n) is 8.62. The van der Waals surface area contributed by atoms with Gasteiger partial charge in [-0.15, -0.1) is 0 Å². The van der Waals surface area contributed by atoms with Crippen molar-refractivity contribution in [1.29, 1.82) is 0 Å². The number of ether oxygens (including phenoxy) is 1. The molecule has 0 bridgehead atoms. The van der Waals surface area contributed by atoms with Gasteiger partial charge in [0.2, 0.25) is 15.9 Å². The van der Waals surface area contributed by atoms with Gasteiger partial charge in [-0.2, -0.15) is 4.31 Å². The van der Waals surface area contributed by atoms with Gasteiger partial charge in [-0.3, -0.25) is 4.79 Å². The summed E-state index contributed by atoms with van der Waals surface area (Å²) in [6.45, 7) is 0.986. The van der Waals surface area contributed by atoms with Crippen molar-refractivity contribution in [2.24, 2.45) is 0 Å². The Kier molecular flexibility index (Phi) is 6.04. The summed E-state index contributed by atoms with van der Waals surface area (Å²) in [4.78, 5) is 12.3. The Morgan fingerprint density at radius 3 is 2.44 bits per heavy atom. The molecular formula is C19H21ClN2O4S. The summed E-state index contributed by atoms with van der Waals surface area (Å²) in [5, 5.41) is 2.89. The number of rotatable bonds is 6. The van der Waals surface area contributed by atoms with Gasteiger partial charge in [0, 0.05) is 18.8 Å². The van der Waals surface area contributed by atoms with Crippen molar-refractivity contribution >= 4 is 33.2 Å². The molecule has 1 N–H and O–H groups in total. The maximum atomic E-state index is 12.8. The van der Waals surface area contributed by atoms with Crippen molar-refractivity contribution in [3.05, 3.63) is 53.1 Å². The van der Waals surface area contributed by atoms with E-state index in [-0.39, 0.29) is 22.2 Å². The van der Waals surface area contributed by atoms with E-state index < -0.39 is 10.0 Å². The highest BCUT2D eigenvalue weighted by Crippen LogP contribution is 2.29. The van der Waals surface area contributed by atoms with Crippen molar-refractivity contribution in [3.8, 4) is 5.75 Å². The molecule has 1 aliphatic heterocycles. The number of anilines is 1. The molecule has 0 unspecified atom stereocenters. The molecule has 0 atom stereocenters. The Labute approximate surface area is 164 Å². The van der Waals surface area contributed by atoms with E-state index in [1.807, 2.05) is 12.1 Å². The van der Waals surface area contributed by atoms with Crippen molar-refractivity contribution in [3.63, 3.8) is 0 Å². The molecule has 0 saturated carbocycles. The molecule has 2 aromatic rings. The van der Waals surface area contributed by atoms with E-state index in [0.717, 1.165) is 18.4 Å². The summed E-state index contributed by atoms with van der Waals surface area (Å²) >= 11 is 6.12. The van der Waals surface area contributed by atoms with E-state index in [1.165, 1.54) is 16.4 Å². The van der Waals surface area contributed by atoms with Crippen LogP contribution in [0.4, 0.5) is 5.69 Å². The number of amides is 1. The summed E-state index contributed by atoms with van der Waals surface area (Å²) in [5.74, 6) is 0.473.